The van der Waals surface area contributed by atoms with E-state index in [1.54, 1.807) is 13.3 Å². The second kappa shape index (κ2) is 10.9. The molecule has 1 N–H and O–H groups in total. The van der Waals surface area contributed by atoms with Crippen LogP contribution >= 0.6 is 15.9 Å². The molecule has 0 fully saturated rings. The Hall–Kier alpha value is -3.73. The molecule has 0 aliphatic carbocycles. The number of hydrazone groups is 1. The van der Waals surface area contributed by atoms with Crippen molar-refractivity contribution >= 4 is 38.7 Å². The van der Waals surface area contributed by atoms with Crippen LogP contribution in [0.1, 0.15) is 27.9 Å². The molecule has 6 nitrogen and oxygen atoms in total. The van der Waals surface area contributed by atoms with Crippen LogP contribution in [0.25, 0.3) is 10.8 Å². The monoisotopic (exact) mass is 514 g/mol. The number of benzene rings is 3. The Morgan fingerprint density at radius 1 is 1.09 bits per heavy atom. The van der Waals surface area contributed by atoms with Gasteiger partial charge in [0, 0.05) is 28.4 Å². The van der Waals surface area contributed by atoms with Gasteiger partial charge in [-0.15, -0.1) is 0 Å². The van der Waals surface area contributed by atoms with Crippen molar-refractivity contribution in [1.82, 2.24) is 4.98 Å². The average molecular weight is 515 g/mol. The summed E-state index contributed by atoms with van der Waals surface area (Å²) in [6, 6.07) is 24.1. The topological polar surface area (TPSA) is 79.5 Å². The van der Waals surface area contributed by atoms with Gasteiger partial charge in [-0.05, 0) is 53.6 Å². The highest BCUT2D eigenvalue weighted by Gasteiger charge is 2.11. The quantitative estimate of drug-likeness (QED) is 0.219. The summed E-state index contributed by atoms with van der Waals surface area (Å²) in [5.41, 5.74) is 6.91. The molecule has 1 heterocycles. The van der Waals surface area contributed by atoms with Gasteiger partial charge in [0.1, 0.15) is 24.0 Å². The number of ether oxygens (including phenoxy) is 2. The van der Waals surface area contributed by atoms with E-state index in [0.717, 1.165) is 43.4 Å². The van der Waals surface area contributed by atoms with E-state index in [1.807, 2.05) is 73.7 Å². The molecule has 0 atom stereocenters. The lowest BCUT2D eigenvalue weighted by atomic mass is 10.1. The minimum absolute atomic E-state index is 0.330. The Morgan fingerprint density at radius 2 is 1.91 bits per heavy atom. The number of hydrogen-bond donors (Lipinski definition) is 1. The van der Waals surface area contributed by atoms with Gasteiger partial charge in [0.25, 0.3) is 0 Å². The molecule has 170 valence electrons. The van der Waals surface area contributed by atoms with Crippen LogP contribution in [0.4, 0.5) is 5.82 Å². The van der Waals surface area contributed by atoms with Crippen molar-refractivity contribution in [3.8, 4) is 11.8 Å². The number of aromatic nitrogens is 1. The minimum Gasteiger partial charge on any atom is -0.489 e. The Balaban J connectivity index is 1.56. The highest BCUT2D eigenvalue weighted by atomic mass is 79.9. The largest absolute Gasteiger partial charge is 0.489 e. The molecule has 4 rings (SSSR count). The Labute approximate surface area is 207 Å². The number of pyridine rings is 1. The fraction of sp³-hybridized carbons (Fsp3) is 0.148. The van der Waals surface area contributed by atoms with Gasteiger partial charge in [-0.1, -0.05) is 52.3 Å². The van der Waals surface area contributed by atoms with Crippen LogP contribution in [0.5, 0.6) is 5.75 Å². The van der Waals surface area contributed by atoms with Crippen LogP contribution in [0.2, 0.25) is 0 Å². The third kappa shape index (κ3) is 5.60. The van der Waals surface area contributed by atoms with Crippen LogP contribution in [0.15, 0.2) is 76.3 Å². The van der Waals surface area contributed by atoms with Crippen molar-refractivity contribution in [3.05, 3.63) is 99.2 Å². The van der Waals surface area contributed by atoms with E-state index in [-0.39, 0.29) is 0 Å². The molecule has 0 amide bonds. The lowest BCUT2D eigenvalue weighted by Crippen LogP contribution is -2.03. The maximum absolute atomic E-state index is 9.60. The normalized spacial score (nSPS) is 11.0. The molecule has 0 aliphatic rings. The summed E-state index contributed by atoms with van der Waals surface area (Å²) in [4.78, 5) is 4.43. The molecule has 34 heavy (non-hydrogen) atoms. The van der Waals surface area contributed by atoms with E-state index in [9.17, 15) is 5.26 Å². The molecule has 0 bridgehead atoms. The van der Waals surface area contributed by atoms with E-state index in [4.69, 9.17) is 9.47 Å². The van der Waals surface area contributed by atoms with Gasteiger partial charge >= 0.3 is 0 Å². The average Bonchev–Trinajstić information content (AvgIpc) is 2.84. The molecule has 7 heteroatoms. The zero-order valence-electron chi connectivity index (χ0n) is 18.9. The van der Waals surface area contributed by atoms with Crippen LogP contribution in [0.3, 0.4) is 0 Å². The summed E-state index contributed by atoms with van der Waals surface area (Å²) in [6.45, 7) is 2.68. The molecule has 0 aliphatic heterocycles. The molecule has 0 spiro atoms. The number of methoxy groups -OCH3 is 1. The second-order valence-corrected chi connectivity index (χ2v) is 8.62. The van der Waals surface area contributed by atoms with Crippen molar-refractivity contribution in [2.75, 3.05) is 12.5 Å². The maximum Gasteiger partial charge on any atom is 0.164 e. The van der Waals surface area contributed by atoms with Gasteiger partial charge in [0.05, 0.1) is 12.8 Å². The minimum atomic E-state index is 0.330. The number of halogens is 1. The summed E-state index contributed by atoms with van der Waals surface area (Å²) in [5.74, 6) is 1.19. The molecular weight excluding hydrogens is 492 g/mol. The highest BCUT2D eigenvalue weighted by molar-refractivity contribution is 9.10. The van der Waals surface area contributed by atoms with E-state index < -0.39 is 0 Å². The molecule has 3 aromatic carbocycles. The zero-order chi connectivity index (χ0) is 23.9. The first-order valence-corrected chi connectivity index (χ1v) is 11.5. The number of aryl methyl sites for hydroxylation is 1. The number of nitrogens with zero attached hydrogens (tertiary/aromatic N) is 3. The van der Waals surface area contributed by atoms with Gasteiger partial charge in [-0.3, -0.25) is 5.43 Å². The second-order valence-electron chi connectivity index (χ2n) is 7.71. The molecule has 4 aromatic rings. The third-order valence-electron chi connectivity index (χ3n) is 5.22. The highest BCUT2D eigenvalue weighted by Crippen LogP contribution is 2.25. The van der Waals surface area contributed by atoms with Crippen LogP contribution < -0.4 is 10.2 Å². The summed E-state index contributed by atoms with van der Waals surface area (Å²) in [5, 5.41) is 16.1. The number of anilines is 1. The lowest BCUT2D eigenvalue weighted by molar-refractivity contribution is 0.184. The Morgan fingerprint density at radius 3 is 2.68 bits per heavy atom. The fourth-order valence-corrected chi connectivity index (χ4v) is 3.87. The van der Waals surface area contributed by atoms with Gasteiger partial charge < -0.3 is 9.47 Å². The first-order valence-electron chi connectivity index (χ1n) is 10.7. The smallest absolute Gasteiger partial charge is 0.164 e. The molecule has 0 unspecified atom stereocenters. The van der Waals surface area contributed by atoms with E-state index >= 15 is 0 Å². The predicted molar refractivity (Wildman–Crippen MR) is 138 cm³/mol. The molecule has 1 aromatic heterocycles. The summed E-state index contributed by atoms with van der Waals surface area (Å²) in [7, 11) is 1.60. The summed E-state index contributed by atoms with van der Waals surface area (Å²) < 4.78 is 12.3. The molecule has 0 saturated carbocycles. The fourth-order valence-electron chi connectivity index (χ4n) is 3.60. The maximum atomic E-state index is 9.60. The molecule has 0 radical (unpaired) electrons. The molecule has 0 saturated heterocycles. The number of rotatable bonds is 8. The van der Waals surface area contributed by atoms with Crippen molar-refractivity contribution < 1.29 is 9.47 Å². The predicted octanol–water partition coefficient (Wildman–Crippen LogP) is 6.35. The standard InChI is InChI=1S/C27H23BrN4O2/c1-18-12-22(17-33-2)26(14-29)27(31-18)32-30-15-21-5-3-4-20-8-11-24(13-25(20)21)34-16-19-6-9-23(28)10-7-19/h3-13,15H,16-17H2,1-2H3,(H,31,32)/b30-15-. The summed E-state index contributed by atoms with van der Waals surface area (Å²) >= 11 is 3.45. The van der Waals surface area contributed by atoms with E-state index in [2.05, 4.69) is 37.5 Å². The van der Waals surface area contributed by atoms with Crippen LogP contribution in [-0.4, -0.2) is 18.3 Å². The number of nitrogens with one attached hydrogen (secondary N) is 1. The van der Waals surface area contributed by atoms with Crippen LogP contribution in [0, 0.1) is 18.3 Å². The van der Waals surface area contributed by atoms with Crippen LogP contribution in [-0.2, 0) is 18.0 Å². The molecular formula is C27H23BrN4O2. The first-order chi connectivity index (χ1) is 16.6. The Bertz CT molecular complexity index is 1380. The van der Waals surface area contributed by atoms with E-state index in [1.165, 1.54) is 0 Å². The van der Waals surface area contributed by atoms with Crippen molar-refractivity contribution in [1.29, 1.82) is 5.26 Å². The zero-order valence-corrected chi connectivity index (χ0v) is 20.5. The third-order valence-corrected chi connectivity index (χ3v) is 5.75. The van der Waals surface area contributed by atoms with Gasteiger partial charge in [0.2, 0.25) is 0 Å². The van der Waals surface area contributed by atoms with Gasteiger partial charge in [-0.25, -0.2) is 4.98 Å². The SMILES string of the molecule is COCc1cc(C)nc(N/N=C\c2cccc3ccc(OCc4ccc(Br)cc4)cc23)c1C#N. The van der Waals surface area contributed by atoms with Crippen molar-refractivity contribution in [2.45, 2.75) is 20.1 Å². The van der Waals surface area contributed by atoms with E-state index in [0.29, 0.717) is 24.6 Å². The Kier molecular flexibility index (Phi) is 7.53. The van der Waals surface area contributed by atoms with Gasteiger partial charge in [0.15, 0.2) is 5.82 Å². The lowest BCUT2D eigenvalue weighted by Gasteiger charge is -2.10. The first kappa shape index (κ1) is 23.4. The van der Waals surface area contributed by atoms with Crippen molar-refractivity contribution in [3.63, 3.8) is 0 Å². The van der Waals surface area contributed by atoms with Crippen molar-refractivity contribution in [2.24, 2.45) is 5.10 Å². The number of nitriles is 1. The number of fused-ring (bicyclic) bond motifs is 1. The van der Waals surface area contributed by atoms with Gasteiger partial charge in [-0.2, -0.15) is 10.4 Å². The number of hydrogen-bond acceptors (Lipinski definition) is 6. The summed E-state index contributed by atoms with van der Waals surface area (Å²) in [6.07, 6.45) is 1.72.